The van der Waals surface area contributed by atoms with Gasteiger partial charge in [-0.05, 0) is 42.8 Å². The Balaban J connectivity index is 1.79. The van der Waals surface area contributed by atoms with E-state index in [-0.39, 0.29) is 11.4 Å². The Morgan fingerprint density at radius 2 is 1.75 bits per heavy atom. The minimum atomic E-state index is -4.79. The van der Waals surface area contributed by atoms with E-state index in [1.807, 2.05) is 6.92 Å². The van der Waals surface area contributed by atoms with Crippen molar-refractivity contribution >= 4 is 44.8 Å². The summed E-state index contributed by atoms with van der Waals surface area (Å²) in [5.74, 6) is -0.829. The van der Waals surface area contributed by atoms with Gasteiger partial charge in [0.2, 0.25) is 0 Å². The third kappa shape index (κ3) is 3.82. The molecule has 0 saturated carbocycles. The number of benzene rings is 2. The van der Waals surface area contributed by atoms with Gasteiger partial charge in [-0.25, -0.2) is 19.2 Å². The molecule has 2 aromatic carbocycles. The number of alkyl halides is 3. The minimum Gasteiger partial charge on any atom is -0.383 e. The molecule has 0 spiro atoms. The number of nitrogens with zero attached hydrogens (tertiary/aromatic N) is 3. The number of thiophene rings is 1. The average molecular weight is 461 g/mol. The summed E-state index contributed by atoms with van der Waals surface area (Å²) in [5, 5.41) is 0.689. The van der Waals surface area contributed by atoms with Gasteiger partial charge in [0, 0.05) is 10.4 Å². The number of primary amides is 1. The maximum Gasteiger partial charge on any atom is 0.416 e. The van der Waals surface area contributed by atoms with Crippen molar-refractivity contribution in [2.75, 3.05) is 10.6 Å². The Morgan fingerprint density at radius 1 is 1.06 bits per heavy atom. The summed E-state index contributed by atoms with van der Waals surface area (Å²) in [6.45, 7) is 1.90. The second kappa shape index (κ2) is 7.75. The molecule has 32 heavy (non-hydrogen) atoms. The third-order valence-corrected chi connectivity index (χ3v) is 5.81. The van der Waals surface area contributed by atoms with Gasteiger partial charge in [0.05, 0.1) is 22.3 Å². The smallest absolute Gasteiger partial charge is 0.383 e. The predicted molar refractivity (Wildman–Crippen MR) is 115 cm³/mol. The monoisotopic (exact) mass is 461 g/mol. The zero-order chi connectivity index (χ0) is 23.2. The van der Waals surface area contributed by atoms with Crippen molar-refractivity contribution in [3.8, 4) is 11.1 Å². The van der Waals surface area contributed by atoms with Crippen molar-refractivity contribution in [1.82, 2.24) is 9.97 Å². The standard InChI is InChI=1S/C21H15F4N5OS/c1-10-16(17-18(26)28-9-29-19(17)32-10)11-2-4-14(5-3-11)30(20(27)31)15-7-12(21(23,24)25)6-13(22)8-15/h2-9H,1H3,(H2,27,31)(H2,26,28,29). The number of rotatable bonds is 3. The summed E-state index contributed by atoms with van der Waals surface area (Å²) < 4.78 is 53.2. The Kier molecular flexibility index (Phi) is 5.21. The van der Waals surface area contributed by atoms with Gasteiger partial charge in [-0.1, -0.05) is 12.1 Å². The van der Waals surface area contributed by atoms with Crippen LogP contribution in [0.15, 0.2) is 48.8 Å². The fourth-order valence-corrected chi connectivity index (χ4v) is 4.48. The van der Waals surface area contributed by atoms with Crippen molar-refractivity contribution in [1.29, 1.82) is 0 Å². The number of hydrogen-bond acceptors (Lipinski definition) is 5. The van der Waals surface area contributed by atoms with E-state index in [1.54, 1.807) is 12.1 Å². The first kappa shape index (κ1) is 21.5. The first-order valence-corrected chi connectivity index (χ1v) is 9.95. The third-order valence-electron chi connectivity index (χ3n) is 4.80. The largest absolute Gasteiger partial charge is 0.416 e. The van der Waals surface area contributed by atoms with E-state index in [1.165, 1.54) is 29.8 Å². The Morgan fingerprint density at radius 3 is 2.38 bits per heavy atom. The van der Waals surface area contributed by atoms with Crippen LogP contribution in [0.2, 0.25) is 0 Å². The molecular weight excluding hydrogens is 446 g/mol. The number of halogens is 4. The molecule has 0 bridgehead atoms. The summed E-state index contributed by atoms with van der Waals surface area (Å²) in [4.78, 5) is 22.8. The number of urea groups is 1. The topological polar surface area (TPSA) is 98.1 Å². The maximum absolute atomic E-state index is 13.9. The highest BCUT2D eigenvalue weighted by Crippen LogP contribution is 2.40. The number of aryl methyl sites for hydroxylation is 1. The molecule has 4 N–H and O–H groups in total. The Hall–Kier alpha value is -3.73. The molecule has 2 amide bonds. The van der Waals surface area contributed by atoms with E-state index in [2.05, 4.69) is 9.97 Å². The molecule has 2 heterocycles. The van der Waals surface area contributed by atoms with Crippen LogP contribution in [0, 0.1) is 12.7 Å². The van der Waals surface area contributed by atoms with Crippen molar-refractivity contribution in [2.24, 2.45) is 5.73 Å². The molecule has 0 fully saturated rings. The van der Waals surface area contributed by atoms with E-state index >= 15 is 0 Å². The van der Waals surface area contributed by atoms with Crippen LogP contribution in [0.3, 0.4) is 0 Å². The number of nitrogens with two attached hydrogens (primary N) is 2. The molecule has 11 heteroatoms. The lowest BCUT2D eigenvalue weighted by Gasteiger charge is -2.22. The molecule has 0 atom stereocenters. The molecule has 0 radical (unpaired) electrons. The molecule has 0 aliphatic heterocycles. The van der Waals surface area contributed by atoms with Crippen LogP contribution in [0.5, 0.6) is 0 Å². The zero-order valence-electron chi connectivity index (χ0n) is 16.4. The lowest BCUT2D eigenvalue weighted by atomic mass is 10.0. The van der Waals surface area contributed by atoms with Crippen LogP contribution in [-0.2, 0) is 6.18 Å². The van der Waals surface area contributed by atoms with E-state index in [9.17, 15) is 22.4 Å². The molecule has 0 aliphatic carbocycles. The number of aromatic nitrogens is 2. The quantitative estimate of drug-likeness (QED) is 0.387. The molecule has 2 aromatic heterocycles. The number of hydrogen-bond donors (Lipinski definition) is 2. The highest BCUT2D eigenvalue weighted by atomic mass is 32.1. The highest BCUT2D eigenvalue weighted by molar-refractivity contribution is 7.19. The average Bonchev–Trinajstić information content (AvgIpc) is 3.04. The second-order valence-electron chi connectivity index (χ2n) is 6.89. The SMILES string of the molecule is Cc1sc2ncnc(N)c2c1-c1ccc(N(C(N)=O)c2cc(F)cc(C(F)(F)F)c2)cc1. The van der Waals surface area contributed by atoms with Crippen LogP contribution in [0.1, 0.15) is 10.4 Å². The van der Waals surface area contributed by atoms with Crippen molar-refractivity contribution in [3.05, 3.63) is 65.0 Å². The number of carbonyl (C=O) groups is 1. The molecule has 6 nitrogen and oxygen atoms in total. The van der Waals surface area contributed by atoms with Gasteiger partial charge >= 0.3 is 12.2 Å². The van der Waals surface area contributed by atoms with Crippen LogP contribution in [0.25, 0.3) is 21.3 Å². The van der Waals surface area contributed by atoms with Crippen LogP contribution in [0.4, 0.5) is 39.5 Å². The summed E-state index contributed by atoms with van der Waals surface area (Å²) in [5.41, 5.74) is 11.6. The number of fused-ring (bicyclic) bond motifs is 1. The molecular formula is C21H15F4N5OS. The normalized spacial score (nSPS) is 11.7. The van der Waals surface area contributed by atoms with E-state index in [0.717, 1.165) is 27.0 Å². The lowest BCUT2D eigenvalue weighted by Crippen LogP contribution is -2.31. The summed E-state index contributed by atoms with van der Waals surface area (Å²) >= 11 is 1.44. The Bertz CT molecular complexity index is 1330. The molecule has 0 unspecified atom stereocenters. The maximum atomic E-state index is 13.9. The first-order chi connectivity index (χ1) is 15.1. The van der Waals surface area contributed by atoms with Gasteiger partial charge in [0.1, 0.15) is 22.8 Å². The predicted octanol–water partition coefficient (Wildman–Crippen LogP) is 5.62. The fourth-order valence-electron chi connectivity index (χ4n) is 3.46. The molecule has 164 valence electrons. The molecule has 4 aromatic rings. The van der Waals surface area contributed by atoms with E-state index in [4.69, 9.17) is 11.5 Å². The van der Waals surface area contributed by atoms with E-state index in [0.29, 0.717) is 28.2 Å². The van der Waals surface area contributed by atoms with Gasteiger partial charge in [0.25, 0.3) is 0 Å². The molecule has 4 rings (SSSR count). The van der Waals surface area contributed by atoms with Crippen molar-refractivity contribution < 1.29 is 22.4 Å². The van der Waals surface area contributed by atoms with Gasteiger partial charge < -0.3 is 11.5 Å². The zero-order valence-corrected chi connectivity index (χ0v) is 17.3. The number of amides is 2. The first-order valence-electron chi connectivity index (χ1n) is 9.13. The van der Waals surface area contributed by atoms with Gasteiger partial charge in [-0.2, -0.15) is 13.2 Å². The van der Waals surface area contributed by atoms with Crippen molar-refractivity contribution in [2.45, 2.75) is 13.1 Å². The van der Waals surface area contributed by atoms with Crippen LogP contribution >= 0.6 is 11.3 Å². The fraction of sp³-hybridized carbons (Fsp3) is 0.0952. The number of nitrogen functional groups attached to an aromatic ring is 1. The van der Waals surface area contributed by atoms with E-state index < -0.39 is 23.6 Å². The Labute approximate surface area is 183 Å². The van der Waals surface area contributed by atoms with Crippen LogP contribution in [-0.4, -0.2) is 16.0 Å². The van der Waals surface area contributed by atoms with Gasteiger partial charge in [-0.15, -0.1) is 11.3 Å². The lowest BCUT2D eigenvalue weighted by molar-refractivity contribution is -0.137. The van der Waals surface area contributed by atoms with Crippen LogP contribution < -0.4 is 16.4 Å². The summed E-state index contributed by atoms with van der Waals surface area (Å²) in [6.07, 6.45) is -3.41. The molecule has 0 saturated heterocycles. The number of anilines is 3. The second-order valence-corrected chi connectivity index (χ2v) is 8.09. The summed E-state index contributed by atoms with van der Waals surface area (Å²) in [6, 6.07) is 7.09. The highest BCUT2D eigenvalue weighted by Gasteiger charge is 2.32. The van der Waals surface area contributed by atoms with Crippen molar-refractivity contribution in [3.63, 3.8) is 0 Å². The van der Waals surface area contributed by atoms with Gasteiger partial charge in [0.15, 0.2) is 0 Å². The van der Waals surface area contributed by atoms with Gasteiger partial charge in [-0.3, -0.25) is 4.90 Å². The molecule has 0 aliphatic rings. The minimum absolute atomic E-state index is 0.168. The number of carbonyl (C=O) groups excluding carboxylic acids is 1. The summed E-state index contributed by atoms with van der Waals surface area (Å²) in [7, 11) is 0.